The molecule has 0 aliphatic heterocycles. The largest absolute Gasteiger partial charge is 0.467 e. The summed E-state index contributed by atoms with van der Waals surface area (Å²) in [6.07, 6.45) is 8.42. The van der Waals surface area contributed by atoms with Crippen LogP contribution in [-0.4, -0.2) is 33.0 Å². The molecule has 0 radical (unpaired) electrons. The van der Waals surface area contributed by atoms with Crippen LogP contribution < -0.4 is 4.74 Å². The standard InChI is InChI=1S/C16H22N4O/c1-4-13(2)20(11-14-5-7-17-8-6-14)12-15-9-18-16(21-3)19-10-15/h5-10,13H,4,11-12H2,1-3H3. The van der Waals surface area contributed by atoms with Gasteiger partial charge >= 0.3 is 6.01 Å². The Kier molecular flexibility index (Phi) is 5.63. The van der Waals surface area contributed by atoms with Crippen molar-refractivity contribution < 1.29 is 4.74 Å². The van der Waals surface area contributed by atoms with Gasteiger partial charge < -0.3 is 4.74 Å². The molecule has 1 atom stereocenters. The molecule has 2 aromatic rings. The molecule has 0 N–H and O–H groups in total. The van der Waals surface area contributed by atoms with Crippen LogP contribution in [0, 0.1) is 0 Å². The summed E-state index contributed by atoms with van der Waals surface area (Å²) in [6.45, 7) is 6.16. The van der Waals surface area contributed by atoms with Gasteiger partial charge in [-0.2, -0.15) is 0 Å². The van der Waals surface area contributed by atoms with Crippen LogP contribution >= 0.6 is 0 Å². The van der Waals surface area contributed by atoms with Crippen molar-refractivity contribution in [2.75, 3.05) is 7.11 Å². The maximum Gasteiger partial charge on any atom is 0.316 e. The number of aromatic nitrogens is 3. The third-order valence-corrected chi connectivity index (χ3v) is 3.60. The number of nitrogens with zero attached hydrogens (tertiary/aromatic N) is 4. The van der Waals surface area contributed by atoms with Crippen molar-refractivity contribution in [1.29, 1.82) is 0 Å². The van der Waals surface area contributed by atoms with E-state index in [1.807, 2.05) is 24.8 Å². The minimum atomic E-state index is 0.406. The molecule has 0 saturated carbocycles. The predicted octanol–water partition coefficient (Wildman–Crippen LogP) is 2.68. The molecule has 0 spiro atoms. The Morgan fingerprint density at radius 2 is 1.71 bits per heavy atom. The second-order valence-corrected chi connectivity index (χ2v) is 5.10. The van der Waals surface area contributed by atoms with Crippen LogP contribution in [0.3, 0.4) is 0 Å². The van der Waals surface area contributed by atoms with Crippen molar-refractivity contribution in [3.8, 4) is 6.01 Å². The Labute approximate surface area is 126 Å². The monoisotopic (exact) mass is 286 g/mol. The SMILES string of the molecule is CCC(C)N(Cc1ccncc1)Cc1cnc(OC)nc1. The molecule has 5 heteroatoms. The normalized spacial score (nSPS) is 12.4. The Bertz CT molecular complexity index is 530. The van der Waals surface area contributed by atoms with Crippen LogP contribution in [0.25, 0.3) is 0 Å². The Balaban J connectivity index is 2.08. The van der Waals surface area contributed by atoms with E-state index in [1.54, 1.807) is 7.11 Å². The molecular formula is C16H22N4O. The lowest BCUT2D eigenvalue weighted by molar-refractivity contribution is 0.185. The minimum Gasteiger partial charge on any atom is -0.467 e. The van der Waals surface area contributed by atoms with Gasteiger partial charge in [-0.1, -0.05) is 6.92 Å². The lowest BCUT2D eigenvalue weighted by Gasteiger charge is -2.28. The fraction of sp³-hybridized carbons (Fsp3) is 0.438. The second kappa shape index (κ2) is 7.69. The van der Waals surface area contributed by atoms with Crippen molar-refractivity contribution in [3.05, 3.63) is 48.0 Å². The lowest BCUT2D eigenvalue weighted by Crippen LogP contribution is -2.31. The average molecular weight is 286 g/mol. The first kappa shape index (κ1) is 15.4. The van der Waals surface area contributed by atoms with E-state index < -0.39 is 0 Å². The van der Waals surface area contributed by atoms with E-state index in [0.29, 0.717) is 12.1 Å². The van der Waals surface area contributed by atoms with Crippen LogP contribution in [0.4, 0.5) is 0 Å². The zero-order valence-corrected chi connectivity index (χ0v) is 12.9. The summed E-state index contributed by atoms with van der Waals surface area (Å²) in [5.74, 6) is 0. The molecular weight excluding hydrogens is 264 g/mol. The molecule has 2 rings (SSSR count). The van der Waals surface area contributed by atoms with E-state index in [2.05, 4.69) is 45.8 Å². The maximum atomic E-state index is 5.00. The summed E-state index contributed by atoms with van der Waals surface area (Å²) in [7, 11) is 1.57. The number of pyridine rings is 1. The highest BCUT2D eigenvalue weighted by Crippen LogP contribution is 2.14. The van der Waals surface area contributed by atoms with Gasteiger partial charge in [-0.25, -0.2) is 9.97 Å². The first-order valence-electron chi connectivity index (χ1n) is 7.20. The van der Waals surface area contributed by atoms with Gasteiger partial charge in [0.1, 0.15) is 0 Å². The van der Waals surface area contributed by atoms with Gasteiger partial charge in [0.05, 0.1) is 7.11 Å². The van der Waals surface area contributed by atoms with Gasteiger partial charge in [0.15, 0.2) is 0 Å². The topological polar surface area (TPSA) is 51.1 Å². The second-order valence-electron chi connectivity index (χ2n) is 5.10. The smallest absolute Gasteiger partial charge is 0.316 e. The summed E-state index contributed by atoms with van der Waals surface area (Å²) in [4.78, 5) is 14.8. The highest BCUT2D eigenvalue weighted by atomic mass is 16.5. The molecule has 1 unspecified atom stereocenters. The van der Waals surface area contributed by atoms with Crippen molar-refractivity contribution >= 4 is 0 Å². The molecule has 2 heterocycles. The van der Waals surface area contributed by atoms with Crippen LogP contribution in [0.1, 0.15) is 31.4 Å². The van der Waals surface area contributed by atoms with Gasteiger partial charge in [0.2, 0.25) is 0 Å². The fourth-order valence-electron chi connectivity index (χ4n) is 2.11. The molecule has 0 saturated heterocycles. The van der Waals surface area contributed by atoms with E-state index >= 15 is 0 Å². The van der Waals surface area contributed by atoms with Crippen molar-refractivity contribution in [2.45, 2.75) is 39.4 Å². The molecule has 2 aromatic heterocycles. The van der Waals surface area contributed by atoms with E-state index in [4.69, 9.17) is 4.74 Å². The third-order valence-electron chi connectivity index (χ3n) is 3.60. The summed E-state index contributed by atoms with van der Waals surface area (Å²) in [6, 6.07) is 5.00. The molecule has 112 valence electrons. The molecule has 0 bridgehead atoms. The van der Waals surface area contributed by atoms with Crippen molar-refractivity contribution in [1.82, 2.24) is 19.9 Å². The third kappa shape index (κ3) is 4.49. The summed E-state index contributed by atoms with van der Waals surface area (Å²) < 4.78 is 5.00. The Morgan fingerprint density at radius 1 is 1.10 bits per heavy atom. The minimum absolute atomic E-state index is 0.406. The maximum absolute atomic E-state index is 5.00. The Hall–Kier alpha value is -2.01. The molecule has 0 fully saturated rings. The van der Waals surface area contributed by atoms with Crippen LogP contribution in [0.5, 0.6) is 6.01 Å². The van der Waals surface area contributed by atoms with E-state index in [1.165, 1.54) is 5.56 Å². The predicted molar refractivity (Wildman–Crippen MR) is 81.8 cm³/mol. The van der Waals surface area contributed by atoms with Crippen molar-refractivity contribution in [3.63, 3.8) is 0 Å². The number of rotatable bonds is 7. The van der Waals surface area contributed by atoms with Gasteiger partial charge in [0.25, 0.3) is 0 Å². The average Bonchev–Trinajstić information content (AvgIpc) is 2.55. The quantitative estimate of drug-likeness (QED) is 0.783. The number of hydrogen-bond donors (Lipinski definition) is 0. The highest BCUT2D eigenvalue weighted by molar-refractivity contribution is 5.11. The highest BCUT2D eigenvalue weighted by Gasteiger charge is 2.14. The number of hydrogen-bond acceptors (Lipinski definition) is 5. The van der Waals surface area contributed by atoms with E-state index in [-0.39, 0.29) is 0 Å². The van der Waals surface area contributed by atoms with Gasteiger partial charge in [-0.05, 0) is 31.0 Å². The first-order valence-corrected chi connectivity index (χ1v) is 7.20. The van der Waals surface area contributed by atoms with Crippen LogP contribution in [0.2, 0.25) is 0 Å². The van der Waals surface area contributed by atoms with Gasteiger partial charge in [-0.15, -0.1) is 0 Å². The molecule has 0 aliphatic rings. The lowest BCUT2D eigenvalue weighted by atomic mass is 10.1. The van der Waals surface area contributed by atoms with Crippen LogP contribution in [-0.2, 0) is 13.1 Å². The van der Waals surface area contributed by atoms with Crippen molar-refractivity contribution in [2.24, 2.45) is 0 Å². The van der Waals surface area contributed by atoms with E-state index in [9.17, 15) is 0 Å². The molecule has 21 heavy (non-hydrogen) atoms. The van der Waals surface area contributed by atoms with E-state index in [0.717, 1.165) is 25.1 Å². The number of ether oxygens (including phenoxy) is 1. The zero-order chi connectivity index (χ0) is 15.1. The van der Waals surface area contributed by atoms with Gasteiger partial charge in [-0.3, -0.25) is 9.88 Å². The molecule has 0 aromatic carbocycles. The zero-order valence-electron chi connectivity index (χ0n) is 12.9. The molecule has 0 aliphatic carbocycles. The molecule has 0 amide bonds. The van der Waals surface area contributed by atoms with Gasteiger partial charge in [0, 0.05) is 49.5 Å². The number of methoxy groups -OCH3 is 1. The Morgan fingerprint density at radius 3 is 2.29 bits per heavy atom. The molecule has 5 nitrogen and oxygen atoms in total. The van der Waals surface area contributed by atoms with Crippen LogP contribution in [0.15, 0.2) is 36.9 Å². The first-order chi connectivity index (χ1) is 10.2. The summed E-state index contributed by atoms with van der Waals surface area (Å²) in [5, 5.41) is 0. The fourth-order valence-corrected chi connectivity index (χ4v) is 2.11. The summed E-state index contributed by atoms with van der Waals surface area (Å²) >= 11 is 0. The summed E-state index contributed by atoms with van der Waals surface area (Å²) in [5.41, 5.74) is 2.35.